The molecule has 19 heavy (non-hydrogen) atoms. The minimum absolute atomic E-state index is 0.139. The number of carbonyl (C=O) groups is 1. The van der Waals surface area contributed by atoms with Crippen molar-refractivity contribution < 1.29 is 9.90 Å². The maximum absolute atomic E-state index is 12.0. The van der Waals surface area contributed by atoms with Crippen molar-refractivity contribution in [1.82, 2.24) is 19.9 Å². The average molecular weight is 262 g/mol. The third-order valence-corrected chi connectivity index (χ3v) is 3.04. The van der Waals surface area contributed by atoms with Crippen LogP contribution >= 0.6 is 0 Å². The molecule has 0 radical (unpaired) electrons. The number of aliphatic hydroxyl groups excluding tert-OH is 1. The molecule has 0 aliphatic rings. The van der Waals surface area contributed by atoms with Crippen molar-refractivity contribution in [3.05, 3.63) is 30.4 Å². The molecule has 0 saturated heterocycles. The van der Waals surface area contributed by atoms with Crippen molar-refractivity contribution in [2.75, 3.05) is 13.2 Å². The van der Waals surface area contributed by atoms with Crippen LogP contribution in [0.3, 0.4) is 0 Å². The molecule has 1 amide bonds. The van der Waals surface area contributed by atoms with Crippen molar-refractivity contribution in [1.29, 1.82) is 0 Å². The molecule has 1 atom stereocenters. The second-order valence-electron chi connectivity index (χ2n) is 4.65. The zero-order valence-electron chi connectivity index (χ0n) is 10.9. The standard InChI is InChI=1S/C13H18N4O2/c1-10(9-18)3-2-4-15-13(19)11-7-16-17-6-5-14-8-12(11)17/h5-8,10,18H,2-4,9H2,1H3,(H,15,19). The molecule has 2 aromatic rings. The molecule has 6 heteroatoms. The van der Waals surface area contributed by atoms with Crippen molar-refractivity contribution in [3.8, 4) is 0 Å². The quantitative estimate of drug-likeness (QED) is 0.757. The van der Waals surface area contributed by atoms with E-state index in [2.05, 4.69) is 15.4 Å². The molecule has 0 spiro atoms. The third-order valence-electron chi connectivity index (χ3n) is 3.04. The van der Waals surface area contributed by atoms with Gasteiger partial charge >= 0.3 is 0 Å². The van der Waals surface area contributed by atoms with E-state index in [1.807, 2.05) is 6.92 Å². The number of hydrogen-bond donors (Lipinski definition) is 2. The number of fused-ring (bicyclic) bond motifs is 1. The lowest BCUT2D eigenvalue weighted by Gasteiger charge is -2.07. The molecule has 0 saturated carbocycles. The van der Waals surface area contributed by atoms with Gasteiger partial charge < -0.3 is 10.4 Å². The van der Waals surface area contributed by atoms with Crippen LogP contribution in [0.2, 0.25) is 0 Å². The number of amides is 1. The van der Waals surface area contributed by atoms with Gasteiger partial charge in [0.05, 0.1) is 23.5 Å². The molecule has 1 unspecified atom stereocenters. The summed E-state index contributed by atoms with van der Waals surface area (Å²) in [6.45, 7) is 2.77. The van der Waals surface area contributed by atoms with Crippen molar-refractivity contribution in [2.45, 2.75) is 19.8 Å². The predicted molar refractivity (Wildman–Crippen MR) is 70.8 cm³/mol. The first-order chi connectivity index (χ1) is 9.22. The maximum atomic E-state index is 12.0. The number of nitrogens with one attached hydrogen (secondary N) is 1. The minimum atomic E-state index is -0.139. The van der Waals surface area contributed by atoms with Crippen LogP contribution in [0.1, 0.15) is 30.1 Å². The van der Waals surface area contributed by atoms with E-state index in [9.17, 15) is 4.79 Å². The molecule has 0 aliphatic heterocycles. The topological polar surface area (TPSA) is 79.5 Å². The maximum Gasteiger partial charge on any atom is 0.255 e. The van der Waals surface area contributed by atoms with E-state index in [0.717, 1.165) is 12.8 Å². The molecule has 0 aliphatic carbocycles. The molecule has 2 N–H and O–H groups in total. The van der Waals surface area contributed by atoms with Gasteiger partial charge in [0.15, 0.2) is 0 Å². The van der Waals surface area contributed by atoms with E-state index in [-0.39, 0.29) is 18.4 Å². The first-order valence-electron chi connectivity index (χ1n) is 6.38. The van der Waals surface area contributed by atoms with Gasteiger partial charge in [-0.2, -0.15) is 5.10 Å². The van der Waals surface area contributed by atoms with E-state index >= 15 is 0 Å². The van der Waals surface area contributed by atoms with Gasteiger partial charge in [-0.05, 0) is 18.8 Å². The molecule has 2 aromatic heterocycles. The lowest BCUT2D eigenvalue weighted by atomic mass is 10.1. The fourth-order valence-corrected chi connectivity index (χ4v) is 1.85. The van der Waals surface area contributed by atoms with Crippen LogP contribution in [-0.4, -0.2) is 38.8 Å². The number of nitrogens with zero attached hydrogens (tertiary/aromatic N) is 3. The summed E-state index contributed by atoms with van der Waals surface area (Å²) in [4.78, 5) is 16.0. The number of aromatic nitrogens is 3. The Balaban J connectivity index is 1.90. The Morgan fingerprint density at radius 2 is 2.37 bits per heavy atom. The van der Waals surface area contributed by atoms with Crippen LogP contribution in [-0.2, 0) is 0 Å². The van der Waals surface area contributed by atoms with Crippen LogP contribution in [0.5, 0.6) is 0 Å². The largest absolute Gasteiger partial charge is 0.396 e. The predicted octanol–water partition coefficient (Wildman–Crippen LogP) is 0.868. The zero-order valence-corrected chi connectivity index (χ0v) is 10.9. The van der Waals surface area contributed by atoms with Crippen molar-refractivity contribution >= 4 is 11.4 Å². The number of rotatable bonds is 6. The fraction of sp³-hybridized carbons (Fsp3) is 0.462. The van der Waals surface area contributed by atoms with Crippen LogP contribution < -0.4 is 5.32 Å². The van der Waals surface area contributed by atoms with E-state index < -0.39 is 0 Å². The molecule has 2 rings (SSSR count). The summed E-state index contributed by atoms with van der Waals surface area (Å²) in [5, 5.41) is 15.9. The number of hydrogen-bond acceptors (Lipinski definition) is 4. The molecule has 102 valence electrons. The summed E-state index contributed by atoms with van der Waals surface area (Å²) in [6.07, 6.45) is 8.24. The van der Waals surface area contributed by atoms with Gasteiger partial charge in [-0.1, -0.05) is 6.92 Å². The van der Waals surface area contributed by atoms with Crippen LogP contribution in [0, 0.1) is 5.92 Å². The molecule has 0 bridgehead atoms. The molecular weight excluding hydrogens is 244 g/mol. The summed E-state index contributed by atoms with van der Waals surface area (Å²) in [5.41, 5.74) is 1.23. The summed E-state index contributed by atoms with van der Waals surface area (Å²) in [5.74, 6) is 0.137. The van der Waals surface area contributed by atoms with Crippen LogP contribution in [0.25, 0.3) is 5.52 Å². The van der Waals surface area contributed by atoms with Gasteiger partial charge in [0.1, 0.15) is 0 Å². The van der Waals surface area contributed by atoms with Crippen LogP contribution in [0.4, 0.5) is 0 Å². The summed E-state index contributed by atoms with van der Waals surface area (Å²) in [7, 11) is 0. The SMILES string of the molecule is CC(CO)CCCNC(=O)c1cnn2ccncc12. The first-order valence-corrected chi connectivity index (χ1v) is 6.38. The van der Waals surface area contributed by atoms with Crippen molar-refractivity contribution in [3.63, 3.8) is 0 Å². The molecule has 2 heterocycles. The molecule has 0 fully saturated rings. The summed E-state index contributed by atoms with van der Waals surface area (Å²) in [6, 6.07) is 0. The van der Waals surface area contributed by atoms with Gasteiger partial charge in [0.2, 0.25) is 0 Å². The Labute approximate surface area is 111 Å². The zero-order chi connectivity index (χ0) is 13.7. The highest BCUT2D eigenvalue weighted by atomic mass is 16.3. The third kappa shape index (κ3) is 3.29. The van der Waals surface area contributed by atoms with Crippen LogP contribution in [0.15, 0.2) is 24.8 Å². The van der Waals surface area contributed by atoms with Crippen molar-refractivity contribution in [2.24, 2.45) is 5.92 Å². The van der Waals surface area contributed by atoms with Gasteiger partial charge in [-0.15, -0.1) is 0 Å². The number of carbonyl (C=O) groups excluding carboxylic acids is 1. The Hall–Kier alpha value is -1.95. The smallest absolute Gasteiger partial charge is 0.255 e. The molecule has 6 nitrogen and oxygen atoms in total. The van der Waals surface area contributed by atoms with Gasteiger partial charge in [-0.25, -0.2) is 4.52 Å². The Morgan fingerprint density at radius 1 is 1.53 bits per heavy atom. The van der Waals surface area contributed by atoms with E-state index in [0.29, 0.717) is 17.6 Å². The second-order valence-corrected chi connectivity index (χ2v) is 4.65. The van der Waals surface area contributed by atoms with Gasteiger partial charge in [-0.3, -0.25) is 9.78 Å². The summed E-state index contributed by atoms with van der Waals surface area (Å²) >= 11 is 0. The second kappa shape index (κ2) is 6.29. The highest BCUT2D eigenvalue weighted by Gasteiger charge is 2.11. The Kier molecular flexibility index (Phi) is 4.46. The fourth-order valence-electron chi connectivity index (χ4n) is 1.85. The van der Waals surface area contributed by atoms with E-state index in [1.54, 1.807) is 29.3 Å². The monoisotopic (exact) mass is 262 g/mol. The highest BCUT2D eigenvalue weighted by Crippen LogP contribution is 2.08. The highest BCUT2D eigenvalue weighted by molar-refractivity contribution is 6.00. The van der Waals surface area contributed by atoms with Gasteiger partial charge in [0, 0.05) is 25.5 Å². The lowest BCUT2D eigenvalue weighted by molar-refractivity contribution is 0.0953. The van der Waals surface area contributed by atoms with E-state index in [1.165, 1.54) is 0 Å². The first kappa shape index (κ1) is 13.5. The lowest BCUT2D eigenvalue weighted by Crippen LogP contribution is -2.24. The molecule has 0 aromatic carbocycles. The van der Waals surface area contributed by atoms with E-state index in [4.69, 9.17) is 5.11 Å². The average Bonchev–Trinajstić information content (AvgIpc) is 2.87. The Bertz CT molecular complexity index is 552. The van der Waals surface area contributed by atoms with Gasteiger partial charge in [0.25, 0.3) is 5.91 Å². The Morgan fingerprint density at radius 3 is 3.16 bits per heavy atom. The summed E-state index contributed by atoms with van der Waals surface area (Å²) < 4.78 is 1.62. The number of aliphatic hydroxyl groups is 1. The normalized spacial score (nSPS) is 12.5. The molecular formula is C13H18N4O2. The minimum Gasteiger partial charge on any atom is -0.396 e.